The average molecular weight is 390 g/mol. The number of nitrogens with one attached hydrogen (secondary N) is 2. The second-order valence-electron chi connectivity index (χ2n) is 7.43. The molecule has 2 aromatic carbocycles. The summed E-state index contributed by atoms with van der Waals surface area (Å²) in [4.78, 5) is 0. The minimum atomic E-state index is -0.735. The standard InChI is InChI=1S/C22H28F2N2O2/c1-15(14-27)26-20(13-16-9-11-25-12-10-16)18-7-8-19(23)22(21(18)24)28-17-5-3-2-4-6-17/h2-8,15-16,20,25-27H,9-14H2,1H3/t15-,20-/m1/s1. The Kier molecular flexibility index (Phi) is 7.36. The molecule has 4 nitrogen and oxygen atoms in total. The summed E-state index contributed by atoms with van der Waals surface area (Å²) in [7, 11) is 0. The van der Waals surface area contributed by atoms with E-state index in [2.05, 4.69) is 10.6 Å². The molecule has 0 aromatic heterocycles. The van der Waals surface area contributed by atoms with Gasteiger partial charge in [-0.1, -0.05) is 24.3 Å². The van der Waals surface area contributed by atoms with Gasteiger partial charge in [0.05, 0.1) is 6.61 Å². The smallest absolute Gasteiger partial charge is 0.198 e. The maximum absolute atomic E-state index is 15.3. The molecule has 0 aliphatic carbocycles. The summed E-state index contributed by atoms with van der Waals surface area (Å²) in [6.07, 6.45) is 2.75. The van der Waals surface area contributed by atoms with E-state index >= 15 is 4.39 Å². The second-order valence-corrected chi connectivity index (χ2v) is 7.43. The first-order chi connectivity index (χ1) is 13.6. The van der Waals surface area contributed by atoms with Crippen molar-refractivity contribution in [3.8, 4) is 11.5 Å². The van der Waals surface area contributed by atoms with E-state index in [1.807, 2.05) is 13.0 Å². The Hall–Kier alpha value is -2.02. The van der Waals surface area contributed by atoms with Crippen molar-refractivity contribution in [2.75, 3.05) is 19.7 Å². The van der Waals surface area contributed by atoms with Gasteiger partial charge in [-0.3, -0.25) is 0 Å². The topological polar surface area (TPSA) is 53.5 Å². The quantitative estimate of drug-likeness (QED) is 0.634. The first-order valence-corrected chi connectivity index (χ1v) is 9.87. The Balaban J connectivity index is 1.88. The minimum absolute atomic E-state index is 0.0566. The normalized spacial score (nSPS) is 17.3. The minimum Gasteiger partial charge on any atom is -0.451 e. The number of aliphatic hydroxyl groups is 1. The Morgan fingerprint density at radius 3 is 2.54 bits per heavy atom. The van der Waals surface area contributed by atoms with Crippen molar-refractivity contribution < 1.29 is 18.6 Å². The highest BCUT2D eigenvalue weighted by Gasteiger charge is 2.26. The number of hydrogen-bond donors (Lipinski definition) is 3. The molecular formula is C22H28F2N2O2. The molecule has 0 spiro atoms. The van der Waals surface area contributed by atoms with Crippen molar-refractivity contribution in [1.82, 2.24) is 10.6 Å². The molecule has 0 bridgehead atoms. The van der Waals surface area contributed by atoms with Gasteiger partial charge in [-0.25, -0.2) is 8.78 Å². The number of aliphatic hydroxyl groups excluding tert-OH is 1. The molecule has 6 heteroatoms. The third kappa shape index (κ3) is 5.28. The van der Waals surface area contributed by atoms with Gasteiger partial charge in [-0.2, -0.15) is 0 Å². The lowest BCUT2D eigenvalue weighted by Gasteiger charge is -2.30. The summed E-state index contributed by atoms with van der Waals surface area (Å²) in [5.74, 6) is -1.00. The number of ether oxygens (including phenoxy) is 1. The molecule has 1 aliphatic rings. The lowest BCUT2D eigenvalue weighted by molar-refractivity contribution is 0.224. The van der Waals surface area contributed by atoms with Crippen molar-refractivity contribution in [3.63, 3.8) is 0 Å². The van der Waals surface area contributed by atoms with Gasteiger partial charge in [0.15, 0.2) is 17.4 Å². The van der Waals surface area contributed by atoms with Crippen molar-refractivity contribution in [1.29, 1.82) is 0 Å². The molecule has 2 aromatic rings. The van der Waals surface area contributed by atoms with E-state index in [4.69, 9.17) is 4.74 Å². The molecule has 2 atom stereocenters. The average Bonchev–Trinajstić information content (AvgIpc) is 2.72. The lowest BCUT2D eigenvalue weighted by Crippen LogP contribution is -2.36. The van der Waals surface area contributed by atoms with Crippen molar-refractivity contribution in [2.45, 2.75) is 38.3 Å². The zero-order chi connectivity index (χ0) is 19.9. The van der Waals surface area contributed by atoms with Gasteiger partial charge in [0, 0.05) is 17.6 Å². The Morgan fingerprint density at radius 1 is 1.14 bits per heavy atom. The van der Waals surface area contributed by atoms with E-state index in [9.17, 15) is 9.50 Å². The fraction of sp³-hybridized carbons (Fsp3) is 0.455. The summed E-state index contributed by atoms with van der Waals surface area (Å²) < 4.78 is 35.1. The zero-order valence-corrected chi connectivity index (χ0v) is 16.1. The van der Waals surface area contributed by atoms with E-state index in [1.165, 1.54) is 12.1 Å². The molecule has 1 heterocycles. The highest BCUT2D eigenvalue weighted by atomic mass is 19.1. The molecule has 0 saturated carbocycles. The lowest BCUT2D eigenvalue weighted by atomic mass is 9.87. The van der Waals surface area contributed by atoms with E-state index in [1.54, 1.807) is 24.3 Å². The Labute approximate surface area is 164 Å². The highest BCUT2D eigenvalue weighted by molar-refractivity contribution is 5.38. The van der Waals surface area contributed by atoms with Gasteiger partial charge in [-0.15, -0.1) is 0 Å². The van der Waals surface area contributed by atoms with Gasteiger partial charge in [0.2, 0.25) is 0 Å². The van der Waals surface area contributed by atoms with Crippen LogP contribution in [-0.4, -0.2) is 30.8 Å². The molecule has 0 unspecified atom stereocenters. The first-order valence-electron chi connectivity index (χ1n) is 9.87. The van der Waals surface area contributed by atoms with Crippen molar-refractivity contribution in [2.24, 2.45) is 5.92 Å². The van der Waals surface area contributed by atoms with Crippen LogP contribution in [0.2, 0.25) is 0 Å². The molecule has 0 amide bonds. The SMILES string of the molecule is C[C@H](CO)N[C@H](CC1CCNCC1)c1ccc(F)c(Oc2ccccc2)c1F. The summed E-state index contributed by atoms with van der Waals surface area (Å²) in [5, 5.41) is 16.1. The van der Waals surface area contributed by atoms with Crippen LogP contribution < -0.4 is 15.4 Å². The monoisotopic (exact) mass is 390 g/mol. The molecular weight excluding hydrogens is 362 g/mol. The third-order valence-corrected chi connectivity index (χ3v) is 5.20. The first kappa shape index (κ1) is 20.7. The summed E-state index contributed by atoms with van der Waals surface area (Å²) in [6.45, 7) is 3.68. The maximum atomic E-state index is 15.3. The number of para-hydroxylation sites is 1. The third-order valence-electron chi connectivity index (χ3n) is 5.20. The number of hydrogen-bond acceptors (Lipinski definition) is 4. The maximum Gasteiger partial charge on any atom is 0.198 e. The Bertz CT molecular complexity index is 752. The fourth-order valence-electron chi connectivity index (χ4n) is 3.65. The van der Waals surface area contributed by atoms with Crippen LogP contribution in [0.4, 0.5) is 8.78 Å². The van der Waals surface area contributed by atoms with Gasteiger partial charge >= 0.3 is 0 Å². The van der Waals surface area contributed by atoms with Gasteiger partial charge in [-0.05, 0) is 63.4 Å². The van der Waals surface area contributed by atoms with Crippen LogP contribution in [0, 0.1) is 17.6 Å². The zero-order valence-electron chi connectivity index (χ0n) is 16.1. The van der Waals surface area contributed by atoms with Crippen LogP contribution >= 0.6 is 0 Å². The van der Waals surface area contributed by atoms with Crippen LogP contribution in [0.15, 0.2) is 42.5 Å². The molecule has 3 rings (SSSR count). The summed E-state index contributed by atoms with van der Waals surface area (Å²) in [6, 6.07) is 10.8. The van der Waals surface area contributed by atoms with E-state index < -0.39 is 17.4 Å². The highest BCUT2D eigenvalue weighted by Crippen LogP contribution is 2.35. The van der Waals surface area contributed by atoms with Gasteiger partial charge in [0.1, 0.15) is 5.75 Å². The number of rotatable bonds is 8. The van der Waals surface area contributed by atoms with E-state index in [-0.39, 0.29) is 18.7 Å². The number of halogens is 2. The van der Waals surface area contributed by atoms with Gasteiger partial charge in [0.25, 0.3) is 0 Å². The molecule has 0 radical (unpaired) electrons. The van der Waals surface area contributed by atoms with Gasteiger partial charge < -0.3 is 20.5 Å². The van der Waals surface area contributed by atoms with Crippen molar-refractivity contribution >= 4 is 0 Å². The van der Waals surface area contributed by atoms with E-state index in [0.717, 1.165) is 32.4 Å². The molecule has 3 N–H and O–H groups in total. The predicted octanol–water partition coefficient (Wildman–Crippen LogP) is 4.16. The second kappa shape index (κ2) is 9.96. The summed E-state index contributed by atoms with van der Waals surface area (Å²) in [5.41, 5.74) is 0.367. The Morgan fingerprint density at radius 2 is 1.86 bits per heavy atom. The number of benzene rings is 2. The van der Waals surface area contributed by atoms with Crippen LogP contribution in [0.5, 0.6) is 11.5 Å². The fourth-order valence-corrected chi connectivity index (χ4v) is 3.65. The molecule has 1 saturated heterocycles. The van der Waals surface area contributed by atoms with Crippen LogP contribution in [0.1, 0.15) is 37.8 Å². The van der Waals surface area contributed by atoms with Crippen LogP contribution in [0.3, 0.4) is 0 Å². The number of piperidine rings is 1. The molecule has 152 valence electrons. The summed E-state index contributed by atoms with van der Waals surface area (Å²) >= 11 is 0. The van der Waals surface area contributed by atoms with E-state index in [0.29, 0.717) is 17.2 Å². The molecule has 1 fully saturated rings. The molecule has 28 heavy (non-hydrogen) atoms. The van der Waals surface area contributed by atoms with Crippen LogP contribution in [-0.2, 0) is 0 Å². The van der Waals surface area contributed by atoms with Crippen LogP contribution in [0.25, 0.3) is 0 Å². The largest absolute Gasteiger partial charge is 0.451 e. The predicted molar refractivity (Wildman–Crippen MR) is 106 cm³/mol. The molecule has 1 aliphatic heterocycles. The van der Waals surface area contributed by atoms with Crippen molar-refractivity contribution in [3.05, 3.63) is 59.7 Å².